The molecule has 4 fully saturated rings. The number of hydrogen-bond donors (Lipinski definition) is 2. The van der Waals surface area contributed by atoms with Crippen molar-refractivity contribution < 1.29 is 14.0 Å². The summed E-state index contributed by atoms with van der Waals surface area (Å²) in [5, 5.41) is 6.75. The van der Waals surface area contributed by atoms with Gasteiger partial charge in [0.2, 0.25) is 0 Å². The van der Waals surface area contributed by atoms with Crippen molar-refractivity contribution in [3.63, 3.8) is 0 Å². The Morgan fingerprint density at radius 3 is 2.23 bits per heavy atom. The van der Waals surface area contributed by atoms with Crippen LogP contribution in [0.3, 0.4) is 0 Å². The van der Waals surface area contributed by atoms with Crippen molar-refractivity contribution in [2.45, 2.75) is 49.6 Å². The van der Waals surface area contributed by atoms with Crippen LogP contribution in [0.1, 0.15) is 59.4 Å². The van der Waals surface area contributed by atoms with Crippen LogP contribution in [0.5, 0.6) is 0 Å². The fourth-order valence-electron chi connectivity index (χ4n) is 6.34. The Kier molecular flexibility index (Phi) is 4.58. The molecule has 0 aliphatic heterocycles. The summed E-state index contributed by atoms with van der Waals surface area (Å²) < 4.78 is 13.6. The number of rotatable bonds is 4. The molecule has 156 valence electrons. The van der Waals surface area contributed by atoms with Gasteiger partial charge >= 0.3 is 0 Å². The highest BCUT2D eigenvalue weighted by atomic mass is 35.5. The quantitative estimate of drug-likeness (QED) is 0.721. The van der Waals surface area contributed by atoms with E-state index < -0.39 is 5.82 Å². The molecule has 4 saturated carbocycles. The second-order valence-corrected chi connectivity index (χ2v) is 9.67. The van der Waals surface area contributed by atoms with Crippen LogP contribution in [0, 0.1) is 17.7 Å². The molecule has 1 aromatic carbocycles. The molecule has 2 amide bonds. The first-order chi connectivity index (χ1) is 14.3. The van der Waals surface area contributed by atoms with Gasteiger partial charge in [-0.3, -0.25) is 9.59 Å². The Morgan fingerprint density at radius 1 is 0.967 bits per heavy atom. The molecule has 2 aromatic rings. The number of nitrogens with one attached hydrogen (secondary N) is 2. The molecule has 4 aliphatic rings. The van der Waals surface area contributed by atoms with Gasteiger partial charge in [0, 0.05) is 16.6 Å². The maximum atomic E-state index is 13.6. The standard InChI is InChI=1S/C23H23ClFN3O2/c24-19-6-2-5-18(26-19)21(30)28-23-11-14-7-15(12-23)10-22(9-14,13-23)27-20(29)16-3-1-4-17(25)8-16/h1-6,8,14-15H,7,9-13H2,(H,27,29)(H,28,30). The van der Waals surface area contributed by atoms with E-state index in [4.69, 9.17) is 11.6 Å². The lowest BCUT2D eigenvalue weighted by Gasteiger charge is -2.62. The third-order valence-electron chi connectivity index (χ3n) is 6.85. The molecular formula is C23H23ClFN3O2. The summed E-state index contributed by atoms with van der Waals surface area (Å²) in [5.74, 6) is -0.00947. The number of carbonyl (C=O) groups is 2. The van der Waals surface area contributed by atoms with E-state index >= 15 is 0 Å². The van der Waals surface area contributed by atoms with E-state index in [9.17, 15) is 14.0 Å². The van der Waals surface area contributed by atoms with E-state index in [0.29, 0.717) is 29.5 Å². The lowest BCUT2D eigenvalue weighted by atomic mass is 9.49. The van der Waals surface area contributed by atoms with Crippen LogP contribution in [0.4, 0.5) is 4.39 Å². The van der Waals surface area contributed by atoms with Gasteiger partial charge in [0.1, 0.15) is 16.7 Å². The molecule has 1 heterocycles. The van der Waals surface area contributed by atoms with Crippen LogP contribution >= 0.6 is 11.6 Å². The molecule has 0 spiro atoms. The molecule has 4 bridgehead atoms. The van der Waals surface area contributed by atoms with E-state index in [2.05, 4.69) is 15.6 Å². The third kappa shape index (κ3) is 3.58. The Morgan fingerprint density at radius 2 is 1.60 bits per heavy atom. The minimum Gasteiger partial charge on any atom is -0.346 e. The van der Waals surface area contributed by atoms with Gasteiger partial charge in [-0.15, -0.1) is 0 Å². The van der Waals surface area contributed by atoms with Crippen molar-refractivity contribution in [3.8, 4) is 0 Å². The second kappa shape index (κ2) is 7.05. The fourth-order valence-corrected chi connectivity index (χ4v) is 6.50. The molecule has 0 saturated heterocycles. The maximum absolute atomic E-state index is 13.6. The number of nitrogens with zero attached hydrogens (tertiary/aromatic N) is 1. The highest BCUT2D eigenvalue weighted by Gasteiger charge is 2.58. The van der Waals surface area contributed by atoms with Gasteiger partial charge in [-0.2, -0.15) is 0 Å². The number of benzene rings is 1. The van der Waals surface area contributed by atoms with Crippen molar-refractivity contribution in [3.05, 3.63) is 64.7 Å². The molecular weight excluding hydrogens is 405 g/mol. The van der Waals surface area contributed by atoms with Crippen molar-refractivity contribution in [1.82, 2.24) is 15.6 Å². The lowest BCUT2D eigenvalue weighted by molar-refractivity contribution is -0.0448. The van der Waals surface area contributed by atoms with Gasteiger partial charge in [0.15, 0.2) is 0 Å². The largest absolute Gasteiger partial charge is 0.346 e. The number of hydrogen-bond acceptors (Lipinski definition) is 3. The predicted molar refractivity (Wildman–Crippen MR) is 111 cm³/mol. The Hall–Kier alpha value is -2.47. The number of pyridine rings is 1. The Bertz CT molecular complexity index is 936. The summed E-state index contributed by atoms with van der Waals surface area (Å²) in [7, 11) is 0. The lowest BCUT2D eigenvalue weighted by Crippen LogP contribution is -2.69. The van der Waals surface area contributed by atoms with Crippen molar-refractivity contribution in [1.29, 1.82) is 0 Å². The zero-order valence-electron chi connectivity index (χ0n) is 16.5. The first-order valence-electron chi connectivity index (χ1n) is 10.4. The highest BCUT2D eigenvalue weighted by Crippen LogP contribution is 2.57. The van der Waals surface area contributed by atoms with Crippen LogP contribution in [0.2, 0.25) is 5.15 Å². The summed E-state index contributed by atoms with van der Waals surface area (Å²) in [6.45, 7) is 0. The zero-order valence-corrected chi connectivity index (χ0v) is 17.2. The van der Waals surface area contributed by atoms with Crippen molar-refractivity contribution >= 4 is 23.4 Å². The minimum absolute atomic E-state index is 0.231. The number of carbonyl (C=O) groups excluding carboxylic acids is 2. The monoisotopic (exact) mass is 427 g/mol. The first-order valence-corrected chi connectivity index (χ1v) is 10.7. The molecule has 0 radical (unpaired) electrons. The summed E-state index contributed by atoms with van der Waals surface area (Å²) in [5.41, 5.74) is -0.105. The average Bonchev–Trinajstić information content (AvgIpc) is 2.66. The fraction of sp³-hybridized carbons (Fsp3) is 0.435. The minimum atomic E-state index is -0.425. The zero-order chi connectivity index (χ0) is 20.9. The second-order valence-electron chi connectivity index (χ2n) is 9.29. The van der Waals surface area contributed by atoms with E-state index in [-0.39, 0.29) is 28.0 Å². The molecule has 4 aliphatic carbocycles. The molecule has 7 heteroatoms. The number of halogens is 2. The molecule has 30 heavy (non-hydrogen) atoms. The van der Waals surface area contributed by atoms with Crippen molar-refractivity contribution in [2.24, 2.45) is 11.8 Å². The van der Waals surface area contributed by atoms with E-state index in [1.54, 1.807) is 30.3 Å². The first kappa shape index (κ1) is 19.5. The van der Waals surface area contributed by atoms with Gasteiger partial charge in [-0.25, -0.2) is 9.37 Å². The van der Waals surface area contributed by atoms with Gasteiger partial charge in [-0.1, -0.05) is 23.7 Å². The van der Waals surface area contributed by atoms with Gasteiger partial charge in [0.25, 0.3) is 11.8 Å². The summed E-state index contributed by atoms with van der Waals surface area (Å²) in [6, 6.07) is 10.8. The molecule has 2 N–H and O–H groups in total. The molecule has 5 nitrogen and oxygen atoms in total. The van der Waals surface area contributed by atoms with Crippen LogP contribution in [-0.4, -0.2) is 27.9 Å². The maximum Gasteiger partial charge on any atom is 0.270 e. The molecule has 2 atom stereocenters. The number of amides is 2. The number of aromatic nitrogens is 1. The van der Waals surface area contributed by atoms with Crippen LogP contribution in [0.15, 0.2) is 42.5 Å². The van der Waals surface area contributed by atoms with E-state index in [1.165, 1.54) is 12.1 Å². The summed E-state index contributed by atoms with van der Waals surface area (Å²) in [6.07, 6.45) is 5.43. The van der Waals surface area contributed by atoms with Crippen LogP contribution in [-0.2, 0) is 0 Å². The third-order valence-corrected chi connectivity index (χ3v) is 7.06. The van der Waals surface area contributed by atoms with Crippen molar-refractivity contribution in [2.75, 3.05) is 0 Å². The molecule has 1 aromatic heterocycles. The van der Waals surface area contributed by atoms with E-state index in [0.717, 1.165) is 32.1 Å². The predicted octanol–water partition coefficient (Wildman–Crippen LogP) is 4.13. The van der Waals surface area contributed by atoms with Crippen LogP contribution < -0.4 is 10.6 Å². The van der Waals surface area contributed by atoms with Crippen LogP contribution in [0.25, 0.3) is 0 Å². The van der Waals surface area contributed by atoms with Gasteiger partial charge < -0.3 is 10.6 Å². The molecule has 2 unspecified atom stereocenters. The Labute approximate surface area is 179 Å². The molecule has 6 rings (SSSR count). The van der Waals surface area contributed by atoms with E-state index in [1.807, 2.05) is 0 Å². The van der Waals surface area contributed by atoms with Gasteiger partial charge in [-0.05, 0) is 80.7 Å². The summed E-state index contributed by atoms with van der Waals surface area (Å²) >= 11 is 5.95. The van der Waals surface area contributed by atoms with Gasteiger partial charge in [0.05, 0.1) is 0 Å². The SMILES string of the molecule is O=C(NC12CC3CC(C1)CC(NC(=O)c1cccc(Cl)n1)(C3)C2)c1cccc(F)c1. The topological polar surface area (TPSA) is 71.1 Å². The summed E-state index contributed by atoms with van der Waals surface area (Å²) in [4.78, 5) is 29.9. The highest BCUT2D eigenvalue weighted by molar-refractivity contribution is 6.29. The Balaban J connectivity index is 1.38. The normalized spacial score (nSPS) is 31.4. The smallest absolute Gasteiger partial charge is 0.270 e. The average molecular weight is 428 g/mol.